The predicted molar refractivity (Wildman–Crippen MR) is 79.6 cm³/mol. The molecule has 20 heavy (non-hydrogen) atoms. The Balaban J connectivity index is 1.57. The highest BCUT2D eigenvalue weighted by Gasteiger charge is 2.57. The summed E-state index contributed by atoms with van der Waals surface area (Å²) in [5, 5.41) is 6.48. The van der Waals surface area contributed by atoms with E-state index < -0.39 is 0 Å². The minimum absolute atomic E-state index is 0.275. The van der Waals surface area contributed by atoms with Crippen LogP contribution in [-0.4, -0.2) is 64.3 Å². The van der Waals surface area contributed by atoms with Gasteiger partial charge in [0.15, 0.2) is 0 Å². The van der Waals surface area contributed by atoms with Gasteiger partial charge in [0.05, 0.1) is 0 Å². The standard InChI is InChI=1S/C15H29N3O2/c1-18(9-3-11-20-2)10-8-17-14(19)13-12-15(13)4-6-16-7-5-15/h13,16H,3-12H2,1-2H3,(H,17,19). The number of hydrogen-bond donors (Lipinski definition) is 2. The average Bonchev–Trinajstić information content (AvgIpc) is 3.13. The van der Waals surface area contributed by atoms with E-state index in [1.807, 2.05) is 0 Å². The van der Waals surface area contributed by atoms with E-state index in [4.69, 9.17) is 4.74 Å². The summed E-state index contributed by atoms with van der Waals surface area (Å²) >= 11 is 0. The Morgan fingerprint density at radius 1 is 1.40 bits per heavy atom. The normalized spacial score (nSPS) is 24.1. The highest BCUT2D eigenvalue weighted by Crippen LogP contribution is 2.58. The van der Waals surface area contributed by atoms with Gasteiger partial charge in [0.1, 0.15) is 0 Å². The van der Waals surface area contributed by atoms with E-state index in [9.17, 15) is 4.79 Å². The van der Waals surface area contributed by atoms with Gasteiger partial charge in [0, 0.05) is 39.3 Å². The van der Waals surface area contributed by atoms with E-state index >= 15 is 0 Å². The third-order valence-electron chi connectivity index (χ3n) is 4.79. The third-order valence-corrected chi connectivity index (χ3v) is 4.79. The quantitative estimate of drug-likeness (QED) is 0.636. The molecule has 116 valence electrons. The molecule has 1 aliphatic heterocycles. The number of rotatable bonds is 8. The van der Waals surface area contributed by atoms with E-state index in [2.05, 4.69) is 22.6 Å². The van der Waals surface area contributed by atoms with Crippen LogP contribution in [0, 0.1) is 11.3 Å². The maximum atomic E-state index is 12.2. The second kappa shape index (κ2) is 7.38. The number of nitrogens with zero attached hydrogens (tertiary/aromatic N) is 1. The van der Waals surface area contributed by atoms with Gasteiger partial charge in [-0.2, -0.15) is 0 Å². The number of carbonyl (C=O) groups is 1. The number of nitrogens with one attached hydrogen (secondary N) is 2. The van der Waals surface area contributed by atoms with Crippen LogP contribution in [0.4, 0.5) is 0 Å². The molecule has 0 aromatic rings. The molecule has 1 atom stereocenters. The van der Waals surface area contributed by atoms with Gasteiger partial charge >= 0.3 is 0 Å². The zero-order chi connectivity index (χ0) is 14.4. The summed E-state index contributed by atoms with van der Waals surface area (Å²) in [5.41, 5.74) is 0.347. The van der Waals surface area contributed by atoms with Crippen LogP contribution in [0.2, 0.25) is 0 Å². The number of hydrogen-bond acceptors (Lipinski definition) is 4. The molecule has 1 saturated heterocycles. The molecule has 1 amide bonds. The van der Waals surface area contributed by atoms with Crippen LogP contribution in [0.1, 0.15) is 25.7 Å². The van der Waals surface area contributed by atoms with Gasteiger partial charge in [-0.3, -0.25) is 4.79 Å². The maximum Gasteiger partial charge on any atom is 0.223 e. The molecule has 1 spiro atoms. The number of ether oxygens (including phenoxy) is 1. The first-order valence-corrected chi connectivity index (χ1v) is 7.84. The fraction of sp³-hybridized carbons (Fsp3) is 0.933. The van der Waals surface area contributed by atoms with Crippen LogP contribution in [0.3, 0.4) is 0 Å². The van der Waals surface area contributed by atoms with E-state index in [1.165, 1.54) is 12.8 Å². The minimum atomic E-state index is 0.275. The lowest BCUT2D eigenvalue weighted by atomic mass is 9.92. The molecule has 2 aliphatic rings. The number of methoxy groups -OCH3 is 1. The smallest absolute Gasteiger partial charge is 0.223 e. The van der Waals surface area contributed by atoms with Crippen molar-refractivity contribution in [1.29, 1.82) is 0 Å². The summed E-state index contributed by atoms with van der Waals surface area (Å²) in [5.74, 6) is 0.556. The molecule has 0 aromatic heterocycles. The predicted octanol–water partition coefficient (Wildman–Crippen LogP) is 0.461. The zero-order valence-electron chi connectivity index (χ0n) is 12.9. The Morgan fingerprint density at radius 2 is 2.15 bits per heavy atom. The molecular weight excluding hydrogens is 254 g/mol. The second-order valence-electron chi connectivity index (χ2n) is 6.31. The Hall–Kier alpha value is -0.650. The van der Waals surface area contributed by atoms with Crippen molar-refractivity contribution in [2.75, 3.05) is 53.5 Å². The van der Waals surface area contributed by atoms with Crippen LogP contribution in [0.5, 0.6) is 0 Å². The molecule has 1 heterocycles. The monoisotopic (exact) mass is 283 g/mol. The lowest BCUT2D eigenvalue weighted by Gasteiger charge is -2.23. The molecule has 2 rings (SSSR count). The molecule has 0 radical (unpaired) electrons. The molecular formula is C15H29N3O2. The van der Waals surface area contributed by atoms with Gasteiger partial charge in [-0.25, -0.2) is 0 Å². The zero-order valence-corrected chi connectivity index (χ0v) is 12.9. The summed E-state index contributed by atoms with van der Waals surface area (Å²) in [6.45, 7) is 5.64. The topological polar surface area (TPSA) is 53.6 Å². The highest BCUT2D eigenvalue weighted by molar-refractivity contribution is 5.82. The summed E-state index contributed by atoms with van der Waals surface area (Å²) in [6.07, 6.45) is 4.48. The molecule has 5 nitrogen and oxygen atoms in total. The highest BCUT2D eigenvalue weighted by atomic mass is 16.5. The van der Waals surface area contributed by atoms with Crippen LogP contribution in [-0.2, 0) is 9.53 Å². The van der Waals surface area contributed by atoms with Gasteiger partial charge in [-0.05, 0) is 51.2 Å². The fourth-order valence-corrected chi connectivity index (χ4v) is 3.28. The van der Waals surface area contributed by atoms with E-state index in [0.29, 0.717) is 5.41 Å². The SMILES string of the molecule is COCCCN(C)CCNC(=O)C1CC12CCNCC2. The van der Waals surface area contributed by atoms with Crippen molar-refractivity contribution in [3.8, 4) is 0 Å². The van der Waals surface area contributed by atoms with E-state index in [1.54, 1.807) is 7.11 Å². The van der Waals surface area contributed by atoms with Crippen LogP contribution in [0.25, 0.3) is 0 Å². The Kier molecular flexibility index (Phi) is 5.81. The average molecular weight is 283 g/mol. The largest absolute Gasteiger partial charge is 0.385 e. The van der Waals surface area contributed by atoms with Gasteiger partial charge < -0.3 is 20.3 Å². The summed E-state index contributed by atoms with van der Waals surface area (Å²) in [6, 6.07) is 0. The number of piperidine rings is 1. The first-order chi connectivity index (χ1) is 9.68. The van der Waals surface area contributed by atoms with Crippen molar-refractivity contribution in [1.82, 2.24) is 15.5 Å². The molecule has 2 fully saturated rings. The Labute approximate surface area is 122 Å². The van der Waals surface area contributed by atoms with Crippen molar-refractivity contribution in [2.45, 2.75) is 25.7 Å². The molecule has 1 aliphatic carbocycles. The molecule has 5 heteroatoms. The molecule has 0 bridgehead atoms. The van der Waals surface area contributed by atoms with Gasteiger partial charge in [0.25, 0.3) is 0 Å². The lowest BCUT2D eigenvalue weighted by Crippen LogP contribution is -2.37. The third kappa shape index (κ3) is 4.17. The molecule has 1 saturated carbocycles. The van der Waals surface area contributed by atoms with Crippen LogP contribution in [0.15, 0.2) is 0 Å². The number of amides is 1. The number of carbonyl (C=O) groups excluding carboxylic acids is 1. The minimum Gasteiger partial charge on any atom is -0.385 e. The second-order valence-corrected chi connectivity index (χ2v) is 6.31. The van der Waals surface area contributed by atoms with E-state index in [-0.39, 0.29) is 11.8 Å². The van der Waals surface area contributed by atoms with Crippen LogP contribution < -0.4 is 10.6 Å². The van der Waals surface area contributed by atoms with Gasteiger partial charge in [-0.15, -0.1) is 0 Å². The molecule has 1 unspecified atom stereocenters. The Morgan fingerprint density at radius 3 is 2.85 bits per heavy atom. The summed E-state index contributed by atoms with van der Waals surface area (Å²) < 4.78 is 5.04. The summed E-state index contributed by atoms with van der Waals surface area (Å²) in [7, 11) is 3.82. The maximum absolute atomic E-state index is 12.2. The Bertz CT molecular complexity index is 316. The van der Waals surface area contributed by atoms with Gasteiger partial charge in [0.2, 0.25) is 5.91 Å². The van der Waals surface area contributed by atoms with E-state index in [0.717, 1.165) is 52.2 Å². The van der Waals surface area contributed by atoms with Crippen molar-refractivity contribution < 1.29 is 9.53 Å². The number of likely N-dealkylation sites (N-methyl/N-ethyl adjacent to an activating group) is 1. The van der Waals surface area contributed by atoms with Crippen molar-refractivity contribution in [3.05, 3.63) is 0 Å². The first-order valence-electron chi connectivity index (χ1n) is 7.84. The lowest BCUT2D eigenvalue weighted by molar-refractivity contribution is -0.123. The first kappa shape index (κ1) is 15.7. The van der Waals surface area contributed by atoms with Crippen LogP contribution >= 0.6 is 0 Å². The molecule has 2 N–H and O–H groups in total. The van der Waals surface area contributed by atoms with Crippen molar-refractivity contribution in [3.63, 3.8) is 0 Å². The summed E-state index contributed by atoms with van der Waals surface area (Å²) in [4.78, 5) is 14.4. The molecule has 0 aromatic carbocycles. The van der Waals surface area contributed by atoms with Crippen molar-refractivity contribution >= 4 is 5.91 Å². The fourth-order valence-electron chi connectivity index (χ4n) is 3.28. The van der Waals surface area contributed by atoms with Crippen molar-refractivity contribution in [2.24, 2.45) is 11.3 Å². The van der Waals surface area contributed by atoms with Gasteiger partial charge in [-0.1, -0.05) is 0 Å².